The summed E-state index contributed by atoms with van der Waals surface area (Å²) in [6, 6.07) is 6.16. The molecule has 6 nitrogen and oxygen atoms in total. The average molecular weight is 373 g/mol. The van der Waals surface area contributed by atoms with Crippen molar-refractivity contribution in [3.8, 4) is 5.75 Å². The molecule has 1 atom stereocenters. The van der Waals surface area contributed by atoms with Gasteiger partial charge in [0, 0.05) is 38.8 Å². The van der Waals surface area contributed by atoms with Gasteiger partial charge >= 0.3 is 0 Å². The van der Waals surface area contributed by atoms with Crippen LogP contribution >= 0.6 is 0 Å². The topological polar surface area (TPSA) is 62.0 Å². The van der Waals surface area contributed by atoms with Crippen LogP contribution in [0.1, 0.15) is 28.1 Å². The van der Waals surface area contributed by atoms with E-state index in [4.69, 9.17) is 9.26 Å². The van der Waals surface area contributed by atoms with E-state index in [1.807, 2.05) is 19.9 Å². The second-order valence-electron chi connectivity index (χ2n) is 7.63. The monoisotopic (exact) mass is 373 g/mol. The lowest BCUT2D eigenvalue weighted by molar-refractivity contribution is 0.0427. The molecule has 27 heavy (non-hydrogen) atoms. The lowest BCUT2D eigenvalue weighted by Crippen LogP contribution is -2.48. The summed E-state index contributed by atoms with van der Waals surface area (Å²) in [4.78, 5) is 4.66. The highest BCUT2D eigenvalue weighted by atomic mass is 16.5. The summed E-state index contributed by atoms with van der Waals surface area (Å²) in [6.07, 6.45) is -0.493. The average Bonchev–Trinajstić information content (AvgIpc) is 3.05. The Morgan fingerprint density at radius 2 is 1.74 bits per heavy atom. The van der Waals surface area contributed by atoms with Crippen molar-refractivity contribution in [2.75, 3.05) is 39.3 Å². The van der Waals surface area contributed by atoms with Crippen molar-refractivity contribution in [2.45, 2.75) is 40.3 Å². The maximum absolute atomic E-state index is 10.4. The molecule has 0 spiro atoms. The predicted molar refractivity (Wildman–Crippen MR) is 105 cm³/mol. The molecular formula is C21H31N3O3. The van der Waals surface area contributed by atoms with Crippen molar-refractivity contribution >= 4 is 0 Å². The van der Waals surface area contributed by atoms with Crippen LogP contribution < -0.4 is 4.74 Å². The Kier molecular flexibility index (Phi) is 6.52. The van der Waals surface area contributed by atoms with Crippen molar-refractivity contribution in [2.24, 2.45) is 0 Å². The van der Waals surface area contributed by atoms with Crippen molar-refractivity contribution in [1.82, 2.24) is 15.0 Å². The SMILES string of the molecule is Cc1cc(CN2CCN(CC(O)COc3c(C)ccc(C)c3C)CC2)on1. The Labute approximate surface area is 161 Å². The summed E-state index contributed by atoms with van der Waals surface area (Å²) >= 11 is 0. The van der Waals surface area contributed by atoms with Gasteiger partial charge in [-0.15, -0.1) is 0 Å². The maximum atomic E-state index is 10.4. The first-order valence-electron chi connectivity index (χ1n) is 9.67. The first-order valence-corrected chi connectivity index (χ1v) is 9.67. The summed E-state index contributed by atoms with van der Waals surface area (Å²) in [5, 5.41) is 14.4. The smallest absolute Gasteiger partial charge is 0.150 e. The van der Waals surface area contributed by atoms with Crippen molar-refractivity contribution in [1.29, 1.82) is 0 Å². The number of ether oxygens (including phenoxy) is 1. The van der Waals surface area contributed by atoms with E-state index in [9.17, 15) is 5.11 Å². The van der Waals surface area contributed by atoms with Crippen LogP contribution in [0.15, 0.2) is 22.7 Å². The van der Waals surface area contributed by atoms with E-state index in [0.29, 0.717) is 13.2 Å². The normalized spacial score (nSPS) is 17.2. The number of hydrogen-bond acceptors (Lipinski definition) is 6. The number of aryl methyl sites for hydroxylation is 3. The Morgan fingerprint density at radius 1 is 1.07 bits per heavy atom. The largest absolute Gasteiger partial charge is 0.490 e. The minimum absolute atomic E-state index is 0.322. The van der Waals surface area contributed by atoms with E-state index >= 15 is 0 Å². The highest BCUT2D eigenvalue weighted by Crippen LogP contribution is 2.25. The number of rotatable bonds is 7. The third-order valence-corrected chi connectivity index (χ3v) is 5.28. The van der Waals surface area contributed by atoms with Crippen LogP contribution in [0.2, 0.25) is 0 Å². The van der Waals surface area contributed by atoms with E-state index in [1.54, 1.807) is 0 Å². The fourth-order valence-electron chi connectivity index (χ4n) is 3.52. The molecular weight excluding hydrogens is 342 g/mol. The van der Waals surface area contributed by atoms with Gasteiger partial charge in [-0.1, -0.05) is 17.3 Å². The van der Waals surface area contributed by atoms with E-state index in [-0.39, 0.29) is 0 Å². The van der Waals surface area contributed by atoms with E-state index in [0.717, 1.165) is 61.1 Å². The number of hydrogen-bond donors (Lipinski definition) is 1. The molecule has 1 aromatic carbocycles. The second kappa shape index (κ2) is 8.87. The van der Waals surface area contributed by atoms with Crippen molar-refractivity contribution in [3.63, 3.8) is 0 Å². The molecule has 2 heterocycles. The molecule has 1 fully saturated rings. The standard InChI is InChI=1S/C21H31N3O3/c1-15-5-6-16(2)21(18(15)4)26-14-19(25)12-23-7-9-24(10-8-23)13-20-11-17(3)22-27-20/h5-6,11,19,25H,7-10,12-14H2,1-4H3. The lowest BCUT2D eigenvalue weighted by atomic mass is 10.1. The summed E-state index contributed by atoms with van der Waals surface area (Å²) in [5.41, 5.74) is 4.40. The Hall–Kier alpha value is -1.89. The molecule has 1 aromatic heterocycles. The minimum Gasteiger partial charge on any atom is -0.490 e. The summed E-state index contributed by atoms with van der Waals surface area (Å²) < 4.78 is 11.2. The van der Waals surface area contributed by atoms with Gasteiger partial charge in [0.25, 0.3) is 0 Å². The summed E-state index contributed by atoms with van der Waals surface area (Å²) in [5.74, 6) is 1.82. The fraction of sp³-hybridized carbons (Fsp3) is 0.571. The van der Waals surface area contributed by atoms with Gasteiger partial charge in [-0.05, 0) is 44.4 Å². The molecule has 0 bridgehead atoms. The summed E-state index contributed by atoms with van der Waals surface area (Å²) in [7, 11) is 0. The van der Waals surface area contributed by atoms with Gasteiger partial charge in [0.1, 0.15) is 18.5 Å². The zero-order valence-electron chi connectivity index (χ0n) is 16.9. The van der Waals surface area contributed by atoms with E-state index < -0.39 is 6.10 Å². The van der Waals surface area contributed by atoms with Gasteiger partial charge in [-0.2, -0.15) is 0 Å². The van der Waals surface area contributed by atoms with Gasteiger partial charge < -0.3 is 14.4 Å². The molecule has 6 heteroatoms. The van der Waals surface area contributed by atoms with Crippen molar-refractivity contribution in [3.05, 3.63) is 46.3 Å². The Bertz CT molecular complexity index is 751. The number of nitrogens with zero attached hydrogens (tertiary/aromatic N) is 3. The van der Waals surface area contributed by atoms with E-state index in [2.05, 4.69) is 40.9 Å². The predicted octanol–water partition coefficient (Wildman–Crippen LogP) is 2.47. The van der Waals surface area contributed by atoms with E-state index in [1.165, 1.54) is 5.56 Å². The van der Waals surface area contributed by atoms with Gasteiger partial charge in [0.15, 0.2) is 5.76 Å². The molecule has 3 rings (SSSR count). The van der Waals surface area contributed by atoms with Crippen LogP contribution in [0.4, 0.5) is 0 Å². The molecule has 0 aliphatic carbocycles. The number of benzene rings is 1. The molecule has 1 aliphatic rings. The molecule has 1 saturated heterocycles. The summed E-state index contributed by atoms with van der Waals surface area (Å²) in [6.45, 7) is 13.7. The lowest BCUT2D eigenvalue weighted by Gasteiger charge is -2.35. The molecule has 2 aromatic rings. The molecule has 0 saturated carbocycles. The second-order valence-corrected chi connectivity index (χ2v) is 7.63. The van der Waals surface area contributed by atoms with Crippen LogP contribution in [0, 0.1) is 27.7 Å². The first kappa shape index (κ1) is 19.9. The number of β-amino-alcohol motifs (C(OH)–C–C–N with tert-alkyl or cyclic N) is 1. The third kappa shape index (κ3) is 5.31. The van der Waals surface area contributed by atoms with Crippen LogP contribution in [0.3, 0.4) is 0 Å². The molecule has 0 radical (unpaired) electrons. The Balaban J connectivity index is 1.42. The maximum Gasteiger partial charge on any atom is 0.150 e. The minimum atomic E-state index is -0.493. The van der Waals surface area contributed by atoms with Gasteiger partial charge in [0.05, 0.1) is 12.2 Å². The zero-order valence-corrected chi connectivity index (χ0v) is 16.9. The van der Waals surface area contributed by atoms with Crippen LogP contribution in [-0.4, -0.2) is 65.5 Å². The van der Waals surface area contributed by atoms with Gasteiger partial charge in [-0.3, -0.25) is 9.80 Å². The molecule has 1 unspecified atom stereocenters. The molecule has 1 N–H and O–H groups in total. The van der Waals surface area contributed by atoms with Gasteiger partial charge in [0.2, 0.25) is 0 Å². The highest BCUT2D eigenvalue weighted by Gasteiger charge is 2.21. The number of aromatic nitrogens is 1. The molecule has 148 valence electrons. The fourth-order valence-corrected chi connectivity index (χ4v) is 3.52. The number of piperazine rings is 1. The number of aliphatic hydroxyl groups excluding tert-OH is 1. The van der Waals surface area contributed by atoms with Gasteiger partial charge in [-0.25, -0.2) is 0 Å². The molecule has 0 amide bonds. The third-order valence-electron chi connectivity index (χ3n) is 5.28. The van der Waals surface area contributed by atoms with Crippen LogP contribution in [-0.2, 0) is 6.54 Å². The van der Waals surface area contributed by atoms with Crippen LogP contribution in [0.5, 0.6) is 5.75 Å². The zero-order chi connectivity index (χ0) is 19.4. The Morgan fingerprint density at radius 3 is 2.41 bits per heavy atom. The molecule has 1 aliphatic heterocycles. The quantitative estimate of drug-likeness (QED) is 0.804. The van der Waals surface area contributed by atoms with Crippen LogP contribution in [0.25, 0.3) is 0 Å². The first-order chi connectivity index (χ1) is 12.9. The highest BCUT2D eigenvalue weighted by molar-refractivity contribution is 5.44. The van der Waals surface area contributed by atoms with Crippen molar-refractivity contribution < 1.29 is 14.4 Å². The number of aliphatic hydroxyl groups is 1.